The van der Waals surface area contributed by atoms with E-state index in [0.29, 0.717) is 4.90 Å². The second kappa shape index (κ2) is 6.14. The first-order valence-corrected chi connectivity index (χ1v) is 8.99. The lowest BCUT2D eigenvalue weighted by atomic mass is 10.1. The Morgan fingerprint density at radius 1 is 0.913 bits per heavy atom. The van der Waals surface area contributed by atoms with Gasteiger partial charge in [-0.3, -0.25) is 0 Å². The molecule has 118 valence electrons. The Hall–Kier alpha value is -2.17. The lowest BCUT2D eigenvalue weighted by Gasteiger charge is -2.11. The van der Waals surface area contributed by atoms with Crippen LogP contribution in [0.25, 0.3) is 10.8 Å². The SMILES string of the molecule is Cc1ccc(C)c(S(=O)(=O)NCc2cccc3ccccc23)c1. The molecule has 0 heterocycles. The summed E-state index contributed by atoms with van der Waals surface area (Å²) in [7, 11) is -3.53. The minimum absolute atomic E-state index is 0.275. The van der Waals surface area contributed by atoms with Crippen molar-refractivity contribution in [1.29, 1.82) is 0 Å². The van der Waals surface area contributed by atoms with Crippen LogP contribution in [0.1, 0.15) is 16.7 Å². The Balaban J connectivity index is 1.91. The summed E-state index contributed by atoms with van der Waals surface area (Å²) < 4.78 is 27.9. The van der Waals surface area contributed by atoms with Crippen molar-refractivity contribution in [2.45, 2.75) is 25.3 Å². The largest absolute Gasteiger partial charge is 0.241 e. The van der Waals surface area contributed by atoms with Crippen molar-refractivity contribution in [3.8, 4) is 0 Å². The van der Waals surface area contributed by atoms with Crippen LogP contribution >= 0.6 is 0 Å². The van der Waals surface area contributed by atoms with Crippen LogP contribution in [0.5, 0.6) is 0 Å². The highest BCUT2D eigenvalue weighted by atomic mass is 32.2. The van der Waals surface area contributed by atoms with Crippen LogP contribution in [-0.4, -0.2) is 8.42 Å². The maximum atomic E-state index is 12.6. The third-order valence-corrected chi connectivity index (χ3v) is 5.51. The van der Waals surface area contributed by atoms with Gasteiger partial charge in [0.05, 0.1) is 4.90 Å². The number of sulfonamides is 1. The summed E-state index contributed by atoms with van der Waals surface area (Å²) in [6.07, 6.45) is 0. The molecule has 4 heteroatoms. The van der Waals surface area contributed by atoms with Gasteiger partial charge in [-0.1, -0.05) is 54.6 Å². The molecule has 0 aliphatic carbocycles. The maximum Gasteiger partial charge on any atom is 0.241 e. The van der Waals surface area contributed by atoms with E-state index < -0.39 is 10.0 Å². The fourth-order valence-corrected chi connectivity index (χ4v) is 4.03. The van der Waals surface area contributed by atoms with E-state index in [1.165, 1.54) is 0 Å². The molecule has 0 unspecified atom stereocenters. The van der Waals surface area contributed by atoms with Crippen molar-refractivity contribution < 1.29 is 8.42 Å². The average Bonchev–Trinajstić information content (AvgIpc) is 2.55. The molecule has 0 amide bonds. The van der Waals surface area contributed by atoms with E-state index in [1.54, 1.807) is 6.07 Å². The van der Waals surface area contributed by atoms with Crippen LogP contribution in [0.3, 0.4) is 0 Å². The molecule has 0 saturated heterocycles. The van der Waals surface area contributed by atoms with E-state index in [0.717, 1.165) is 27.5 Å². The highest BCUT2D eigenvalue weighted by Crippen LogP contribution is 2.20. The summed E-state index contributed by atoms with van der Waals surface area (Å²) in [6, 6.07) is 19.4. The summed E-state index contributed by atoms with van der Waals surface area (Å²) in [5.74, 6) is 0. The van der Waals surface area contributed by atoms with E-state index in [4.69, 9.17) is 0 Å². The van der Waals surface area contributed by atoms with Crippen LogP contribution in [0.2, 0.25) is 0 Å². The van der Waals surface area contributed by atoms with E-state index >= 15 is 0 Å². The third kappa shape index (κ3) is 3.28. The van der Waals surface area contributed by atoms with Crippen molar-refractivity contribution >= 4 is 20.8 Å². The quantitative estimate of drug-likeness (QED) is 0.790. The fraction of sp³-hybridized carbons (Fsp3) is 0.158. The lowest BCUT2D eigenvalue weighted by molar-refractivity contribution is 0.581. The van der Waals surface area contributed by atoms with Crippen molar-refractivity contribution in [2.24, 2.45) is 0 Å². The van der Waals surface area contributed by atoms with Crippen LogP contribution in [0.15, 0.2) is 65.6 Å². The van der Waals surface area contributed by atoms with Gasteiger partial charge in [0, 0.05) is 6.54 Å². The molecule has 0 saturated carbocycles. The Kier molecular flexibility index (Phi) is 4.20. The zero-order valence-electron chi connectivity index (χ0n) is 13.2. The molecule has 0 bridgehead atoms. The topological polar surface area (TPSA) is 46.2 Å². The van der Waals surface area contributed by atoms with Gasteiger partial charge in [-0.25, -0.2) is 13.1 Å². The van der Waals surface area contributed by atoms with Crippen LogP contribution in [0.4, 0.5) is 0 Å². The number of benzene rings is 3. The minimum atomic E-state index is -3.53. The Morgan fingerprint density at radius 3 is 2.48 bits per heavy atom. The lowest BCUT2D eigenvalue weighted by Crippen LogP contribution is -2.24. The van der Waals surface area contributed by atoms with Crippen molar-refractivity contribution in [2.75, 3.05) is 0 Å². The molecular formula is C19H19NO2S. The minimum Gasteiger partial charge on any atom is -0.207 e. The highest BCUT2D eigenvalue weighted by Gasteiger charge is 2.17. The molecule has 3 aromatic rings. The number of aryl methyl sites for hydroxylation is 2. The molecule has 3 rings (SSSR count). The average molecular weight is 325 g/mol. The van der Waals surface area contributed by atoms with Crippen molar-refractivity contribution in [1.82, 2.24) is 4.72 Å². The number of hydrogen-bond donors (Lipinski definition) is 1. The zero-order valence-corrected chi connectivity index (χ0v) is 14.0. The first kappa shape index (κ1) is 15.7. The van der Waals surface area contributed by atoms with Crippen molar-refractivity contribution in [3.63, 3.8) is 0 Å². The number of rotatable bonds is 4. The molecule has 0 atom stereocenters. The molecular weight excluding hydrogens is 306 g/mol. The van der Waals surface area contributed by atoms with E-state index in [-0.39, 0.29) is 6.54 Å². The van der Waals surface area contributed by atoms with E-state index in [1.807, 2.05) is 68.4 Å². The Bertz CT molecular complexity index is 957. The number of fused-ring (bicyclic) bond motifs is 1. The zero-order chi connectivity index (χ0) is 16.4. The molecule has 0 aliphatic heterocycles. The molecule has 0 aromatic heterocycles. The maximum absolute atomic E-state index is 12.6. The van der Waals surface area contributed by atoms with Gasteiger partial charge >= 0.3 is 0 Å². The Labute approximate surface area is 137 Å². The van der Waals surface area contributed by atoms with Gasteiger partial charge in [0.25, 0.3) is 0 Å². The van der Waals surface area contributed by atoms with Gasteiger partial charge in [-0.2, -0.15) is 0 Å². The molecule has 3 aromatic carbocycles. The summed E-state index contributed by atoms with van der Waals surface area (Å²) in [5, 5.41) is 2.18. The fourth-order valence-electron chi connectivity index (χ4n) is 2.69. The smallest absolute Gasteiger partial charge is 0.207 e. The Morgan fingerprint density at radius 2 is 1.65 bits per heavy atom. The van der Waals surface area contributed by atoms with Crippen LogP contribution in [0, 0.1) is 13.8 Å². The summed E-state index contributed by atoms with van der Waals surface area (Å²) in [6.45, 7) is 3.98. The molecule has 0 spiro atoms. The highest BCUT2D eigenvalue weighted by molar-refractivity contribution is 7.89. The molecule has 1 N–H and O–H groups in total. The van der Waals surface area contributed by atoms with Gasteiger partial charge in [0.2, 0.25) is 10.0 Å². The normalized spacial score (nSPS) is 11.7. The first-order chi connectivity index (χ1) is 11.0. The number of hydrogen-bond acceptors (Lipinski definition) is 2. The van der Waals surface area contributed by atoms with Gasteiger partial charge in [0.1, 0.15) is 0 Å². The van der Waals surface area contributed by atoms with Gasteiger partial charge in [0.15, 0.2) is 0 Å². The van der Waals surface area contributed by atoms with Gasteiger partial charge < -0.3 is 0 Å². The predicted octanol–water partition coefficient (Wildman–Crippen LogP) is 3.94. The monoisotopic (exact) mass is 325 g/mol. The second-order valence-electron chi connectivity index (χ2n) is 5.73. The molecule has 0 radical (unpaired) electrons. The van der Waals surface area contributed by atoms with Crippen LogP contribution < -0.4 is 4.72 Å². The first-order valence-electron chi connectivity index (χ1n) is 7.51. The number of nitrogens with one attached hydrogen (secondary N) is 1. The standard InChI is InChI=1S/C19H19NO2S/c1-14-10-11-15(2)19(12-14)23(21,22)20-13-17-8-5-7-16-6-3-4-9-18(16)17/h3-12,20H,13H2,1-2H3. The molecule has 0 aliphatic rings. The summed E-state index contributed by atoms with van der Waals surface area (Å²) >= 11 is 0. The van der Waals surface area contributed by atoms with Crippen LogP contribution in [-0.2, 0) is 16.6 Å². The van der Waals surface area contributed by atoms with E-state index in [2.05, 4.69) is 4.72 Å². The van der Waals surface area contributed by atoms with E-state index in [9.17, 15) is 8.42 Å². The summed E-state index contributed by atoms with van der Waals surface area (Å²) in [4.78, 5) is 0.345. The van der Waals surface area contributed by atoms with Gasteiger partial charge in [-0.15, -0.1) is 0 Å². The molecule has 0 fully saturated rings. The molecule has 23 heavy (non-hydrogen) atoms. The third-order valence-electron chi connectivity index (χ3n) is 3.97. The summed E-state index contributed by atoms with van der Waals surface area (Å²) in [5.41, 5.74) is 2.65. The molecule has 3 nitrogen and oxygen atoms in total. The second-order valence-corrected chi connectivity index (χ2v) is 7.47. The van der Waals surface area contributed by atoms with Gasteiger partial charge in [-0.05, 0) is 47.4 Å². The van der Waals surface area contributed by atoms with Crippen molar-refractivity contribution in [3.05, 3.63) is 77.4 Å². The predicted molar refractivity (Wildman–Crippen MR) is 93.9 cm³/mol.